The second-order valence-corrected chi connectivity index (χ2v) is 3.84. The van der Waals surface area contributed by atoms with Gasteiger partial charge in [0, 0.05) is 6.54 Å². The number of aryl methyl sites for hydroxylation is 1. The highest BCUT2D eigenvalue weighted by atomic mass is 16.5. The molecule has 0 unspecified atom stereocenters. The average molecular weight is 246 g/mol. The summed E-state index contributed by atoms with van der Waals surface area (Å²) in [4.78, 5) is 15.0. The van der Waals surface area contributed by atoms with Gasteiger partial charge in [-0.1, -0.05) is 18.2 Å². The first kappa shape index (κ1) is 12.2. The van der Waals surface area contributed by atoms with E-state index in [9.17, 15) is 4.79 Å². The lowest BCUT2D eigenvalue weighted by atomic mass is 10.2. The number of aromatic nitrogens is 2. The third kappa shape index (κ3) is 2.20. The zero-order valence-electron chi connectivity index (χ0n) is 10.3. The Morgan fingerprint density at radius 2 is 2.17 bits per heavy atom. The van der Waals surface area contributed by atoms with Crippen LogP contribution in [-0.4, -0.2) is 20.6 Å². The Morgan fingerprint density at radius 1 is 1.44 bits per heavy atom. The number of carbonyl (C=O) groups is 1. The normalized spacial score (nSPS) is 10.3. The van der Waals surface area contributed by atoms with Crippen molar-refractivity contribution in [1.29, 1.82) is 0 Å². The van der Waals surface area contributed by atoms with Crippen molar-refractivity contribution in [3.63, 3.8) is 0 Å². The number of carboxylic acids is 1. The van der Waals surface area contributed by atoms with Gasteiger partial charge in [-0.15, -0.1) is 0 Å². The molecule has 2 rings (SSSR count). The smallest absolute Gasteiger partial charge is 0.354 e. The summed E-state index contributed by atoms with van der Waals surface area (Å²) in [6.45, 7) is 4.26. The fourth-order valence-corrected chi connectivity index (χ4v) is 1.69. The quantitative estimate of drug-likeness (QED) is 0.900. The van der Waals surface area contributed by atoms with E-state index in [2.05, 4.69) is 4.98 Å². The van der Waals surface area contributed by atoms with Crippen LogP contribution in [0.2, 0.25) is 0 Å². The number of ether oxygens (including phenoxy) is 1. The SMILES string of the molecule is CCn1c(C(=O)O)cnc1Oc1ccccc1C. The van der Waals surface area contributed by atoms with E-state index < -0.39 is 5.97 Å². The number of benzene rings is 1. The number of aromatic carboxylic acids is 1. The minimum atomic E-state index is -1.01. The number of hydrogen-bond donors (Lipinski definition) is 1. The van der Waals surface area contributed by atoms with Crippen LogP contribution < -0.4 is 4.74 Å². The van der Waals surface area contributed by atoms with Crippen molar-refractivity contribution >= 4 is 5.97 Å². The topological polar surface area (TPSA) is 64.4 Å². The molecule has 0 aliphatic carbocycles. The number of hydrogen-bond acceptors (Lipinski definition) is 3. The number of nitrogens with zero attached hydrogens (tertiary/aromatic N) is 2. The third-order valence-corrected chi connectivity index (χ3v) is 2.65. The van der Waals surface area contributed by atoms with E-state index >= 15 is 0 Å². The van der Waals surface area contributed by atoms with Gasteiger partial charge in [-0.05, 0) is 25.5 Å². The van der Waals surface area contributed by atoms with Gasteiger partial charge >= 0.3 is 12.0 Å². The summed E-state index contributed by atoms with van der Waals surface area (Å²) in [5.74, 6) is -0.335. The van der Waals surface area contributed by atoms with Crippen molar-refractivity contribution in [3.8, 4) is 11.8 Å². The van der Waals surface area contributed by atoms with Crippen LogP contribution in [0.1, 0.15) is 23.0 Å². The number of rotatable bonds is 4. The van der Waals surface area contributed by atoms with Crippen molar-refractivity contribution in [2.75, 3.05) is 0 Å². The molecule has 1 heterocycles. The highest BCUT2D eigenvalue weighted by Crippen LogP contribution is 2.24. The largest absolute Gasteiger partial charge is 0.477 e. The molecule has 0 saturated carbocycles. The lowest BCUT2D eigenvalue weighted by Gasteiger charge is -2.09. The first-order valence-electron chi connectivity index (χ1n) is 5.65. The van der Waals surface area contributed by atoms with E-state index in [1.54, 1.807) is 0 Å². The molecule has 0 radical (unpaired) electrons. The van der Waals surface area contributed by atoms with Crippen LogP contribution >= 0.6 is 0 Å². The summed E-state index contributed by atoms with van der Waals surface area (Å²) in [6, 6.07) is 7.82. The van der Waals surface area contributed by atoms with E-state index in [0.29, 0.717) is 18.3 Å². The van der Waals surface area contributed by atoms with Crippen LogP contribution in [0.15, 0.2) is 30.5 Å². The zero-order valence-corrected chi connectivity index (χ0v) is 10.3. The molecule has 0 aliphatic heterocycles. The third-order valence-electron chi connectivity index (χ3n) is 2.65. The fraction of sp³-hybridized carbons (Fsp3) is 0.231. The monoisotopic (exact) mass is 246 g/mol. The molecule has 0 bridgehead atoms. The Labute approximate surface area is 105 Å². The molecule has 0 spiro atoms. The second-order valence-electron chi connectivity index (χ2n) is 3.84. The van der Waals surface area contributed by atoms with Gasteiger partial charge < -0.3 is 9.84 Å². The van der Waals surface area contributed by atoms with Gasteiger partial charge in [0.05, 0.1) is 6.20 Å². The molecule has 5 heteroatoms. The predicted octanol–water partition coefficient (Wildman–Crippen LogP) is 2.70. The zero-order chi connectivity index (χ0) is 13.1. The maximum absolute atomic E-state index is 11.0. The second kappa shape index (κ2) is 4.91. The molecular weight excluding hydrogens is 232 g/mol. The van der Waals surface area contributed by atoms with E-state index in [0.717, 1.165) is 5.56 Å². The fourth-order valence-electron chi connectivity index (χ4n) is 1.69. The molecule has 2 aromatic rings. The lowest BCUT2D eigenvalue weighted by Crippen LogP contribution is -2.08. The van der Waals surface area contributed by atoms with Gasteiger partial charge in [-0.25, -0.2) is 9.78 Å². The number of carboxylic acid groups (broad SMARTS) is 1. The summed E-state index contributed by atoms with van der Waals surface area (Å²) < 4.78 is 7.17. The van der Waals surface area contributed by atoms with E-state index in [1.807, 2.05) is 38.1 Å². The summed E-state index contributed by atoms with van der Waals surface area (Å²) >= 11 is 0. The minimum Gasteiger partial charge on any atom is -0.477 e. The molecule has 18 heavy (non-hydrogen) atoms. The van der Waals surface area contributed by atoms with Crippen LogP contribution in [0.4, 0.5) is 0 Å². The maximum atomic E-state index is 11.0. The Kier molecular flexibility index (Phi) is 3.32. The Bertz CT molecular complexity index is 575. The lowest BCUT2D eigenvalue weighted by molar-refractivity contribution is 0.0684. The van der Waals surface area contributed by atoms with Crippen molar-refractivity contribution in [3.05, 3.63) is 41.7 Å². The van der Waals surface area contributed by atoms with Crippen LogP contribution in [0.3, 0.4) is 0 Å². The molecule has 0 fully saturated rings. The van der Waals surface area contributed by atoms with Crippen LogP contribution in [0, 0.1) is 6.92 Å². The summed E-state index contributed by atoms with van der Waals surface area (Å²) in [5.41, 5.74) is 1.10. The standard InChI is InChI=1S/C13H14N2O3/c1-3-15-10(12(16)17)8-14-13(15)18-11-7-5-4-6-9(11)2/h4-8H,3H2,1-2H3,(H,16,17). The molecule has 0 saturated heterocycles. The molecule has 0 aliphatic rings. The molecular formula is C13H14N2O3. The van der Waals surface area contributed by atoms with E-state index in [-0.39, 0.29) is 5.69 Å². The van der Waals surface area contributed by atoms with Gasteiger partial charge in [0.2, 0.25) is 0 Å². The molecule has 5 nitrogen and oxygen atoms in total. The van der Waals surface area contributed by atoms with Gasteiger partial charge in [0.25, 0.3) is 0 Å². The molecule has 0 amide bonds. The van der Waals surface area contributed by atoms with Crippen molar-refractivity contribution in [2.45, 2.75) is 20.4 Å². The van der Waals surface area contributed by atoms with Crippen LogP contribution in [-0.2, 0) is 6.54 Å². The summed E-state index contributed by atoms with van der Waals surface area (Å²) in [6.07, 6.45) is 1.30. The molecule has 94 valence electrons. The van der Waals surface area contributed by atoms with Crippen molar-refractivity contribution < 1.29 is 14.6 Å². The van der Waals surface area contributed by atoms with Gasteiger partial charge in [-0.2, -0.15) is 0 Å². The summed E-state index contributed by atoms with van der Waals surface area (Å²) in [7, 11) is 0. The summed E-state index contributed by atoms with van der Waals surface area (Å²) in [5, 5.41) is 9.01. The molecule has 1 N–H and O–H groups in total. The highest BCUT2D eigenvalue weighted by molar-refractivity contribution is 5.85. The van der Waals surface area contributed by atoms with Crippen molar-refractivity contribution in [2.24, 2.45) is 0 Å². The Balaban J connectivity index is 2.35. The first-order valence-corrected chi connectivity index (χ1v) is 5.65. The van der Waals surface area contributed by atoms with Crippen molar-refractivity contribution in [1.82, 2.24) is 9.55 Å². The molecule has 0 atom stereocenters. The van der Waals surface area contributed by atoms with E-state index in [1.165, 1.54) is 10.8 Å². The van der Waals surface area contributed by atoms with E-state index in [4.69, 9.17) is 9.84 Å². The molecule has 1 aromatic carbocycles. The first-order chi connectivity index (χ1) is 8.63. The number of imidazole rings is 1. The molecule has 1 aromatic heterocycles. The maximum Gasteiger partial charge on any atom is 0.354 e. The van der Waals surface area contributed by atoms with Crippen LogP contribution in [0.5, 0.6) is 11.8 Å². The van der Waals surface area contributed by atoms with Crippen LogP contribution in [0.25, 0.3) is 0 Å². The Morgan fingerprint density at radius 3 is 2.78 bits per heavy atom. The number of para-hydroxylation sites is 1. The average Bonchev–Trinajstić information content (AvgIpc) is 2.75. The highest BCUT2D eigenvalue weighted by Gasteiger charge is 2.16. The van der Waals surface area contributed by atoms with Gasteiger partial charge in [0.15, 0.2) is 0 Å². The van der Waals surface area contributed by atoms with Gasteiger partial charge in [0.1, 0.15) is 11.4 Å². The minimum absolute atomic E-state index is 0.126. The predicted molar refractivity (Wildman–Crippen MR) is 66.1 cm³/mol. The Hall–Kier alpha value is -2.30. The van der Waals surface area contributed by atoms with Gasteiger partial charge in [-0.3, -0.25) is 4.57 Å².